The standard InChI is InChI=1S/C6H12BrFN2/c1-4(5(7)9-2)6(8)10-3/h5,9-10H,1-3H3/b6-4-. The van der Waals surface area contributed by atoms with Crippen molar-refractivity contribution in [2.45, 2.75) is 11.9 Å². The Morgan fingerprint density at radius 3 is 2.30 bits per heavy atom. The highest BCUT2D eigenvalue weighted by atomic mass is 79.9. The molecule has 0 aromatic heterocycles. The third kappa shape index (κ3) is 2.66. The van der Waals surface area contributed by atoms with E-state index in [4.69, 9.17) is 0 Å². The molecule has 0 bridgehead atoms. The Kier molecular flexibility index (Phi) is 4.64. The maximum Gasteiger partial charge on any atom is 0.188 e. The van der Waals surface area contributed by atoms with Crippen molar-refractivity contribution in [2.24, 2.45) is 0 Å². The van der Waals surface area contributed by atoms with Crippen molar-refractivity contribution in [1.29, 1.82) is 0 Å². The molecule has 2 nitrogen and oxygen atoms in total. The van der Waals surface area contributed by atoms with E-state index in [1.54, 1.807) is 21.0 Å². The van der Waals surface area contributed by atoms with E-state index in [1.165, 1.54) is 0 Å². The number of nitrogens with one attached hydrogen (secondary N) is 2. The minimum absolute atomic E-state index is 0.0973. The zero-order valence-corrected chi connectivity index (χ0v) is 7.92. The maximum atomic E-state index is 12.7. The number of hydrogen-bond donors (Lipinski definition) is 2. The molecule has 0 aromatic carbocycles. The summed E-state index contributed by atoms with van der Waals surface area (Å²) in [5, 5.41) is 5.28. The minimum Gasteiger partial charge on any atom is -0.365 e. The fraction of sp³-hybridized carbons (Fsp3) is 0.667. The minimum atomic E-state index is -0.295. The molecular weight excluding hydrogens is 199 g/mol. The molecule has 0 spiro atoms. The van der Waals surface area contributed by atoms with Crippen LogP contribution in [-0.2, 0) is 0 Å². The predicted octanol–water partition coefficient (Wildman–Crippen LogP) is 1.35. The van der Waals surface area contributed by atoms with Crippen LogP contribution in [-0.4, -0.2) is 19.0 Å². The van der Waals surface area contributed by atoms with Gasteiger partial charge in [-0.25, -0.2) is 0 Å². The van der Waals surface area contributed by atoms with Crippen LogP contribution < -0.4 is 10.6 Å². The Morgan fingerprint density at radius 1 is 1.50 bits per heavy atom. The van der Waals surface area contributed by atoms with Crippen LogP contribution in [0.15, 0.2) is 11.5 Å². The van der Waals surface area contributed by atoms with Crippen LogP contribution in [0.3, 0.4) is 0 Å². The second kappa shape index (κ2) is 4.68. The highest BCUT2D eigenvalue weighted by Crippen LogP contribution is 2.11. The molecule has 0 rings (SSSR count). The normalized spacial score (nSPS) is 16.1. The van der Waals surface area contributed by atoms with Gasteiger partial charge in [0.15, 0.2) is 5.95 Å². The molecule has 0 aromatic rings. The van der Waals surface area contributed by atoms with Gasteiger partial charge in [0.05, 0.1) is 4.95 Å². The van der Waals surface area contributed by atoms with E-state index in [-0.39, 0.29) is 10.9 Å². The number of halogens is 2. The van der Waals surface area contributed by atoms with Gasteiger partial charge in [0, 0.05) is 12.6 Å². The number of rotatable bonds is 3. The van der Waals surface area contributed by atoms with Crippen LogP contribution >= 0.6 is 15.9 Å². The first kappa shape index (κ1) is 9.91. The molecule has 0 aliphatic rings. The Labute approximate surface area is 69.0 Å². The van der Waals surface area contributed by atoms with E-state index in [2.05, 4.69) is 26.6 Å². The molecule has 0 fully saturated rings. The topological polar surface area (TPSA) is 24.1 Å². The average molecular weight is 211 g/mol. The van der Waals surface area contributed by atoms with Crippen molar-refractivity contribution in [3.05, 3.63) is 11.5 Å². The third-order valence-electron chi connectivity index (χ3n) is 1.20. The highest BCUT2D eigenvalue weighted by Gasteiger charge is 2.07. The molecule has 0 aliphatic heterocycles. The van der Waals surface area contributed by atoms with Crippen molar-refractivity contribution in [1.82, 2.24) is 10.6 Å². The van der Waals surface area contributed by atoms with Gasteiger partial charge < -0.3 is 10.6 Å². The lowest BCUT2D eigenvalue weighted by Crippen LogP contribution is -2.21. The second-order valence-corrected chi connectivity index (χ2v) is 2.81. The van der Waals surface area contributed by atoms with E-state index in [0.29, 0.717) is 5.57 Å². The molecule has 60 valence electrons. The number of alkyl halides is 1. The largest absolute Gasteiger partial charge is 0.365 e. The summed E-state index contributed by atoms with van der Waals surface area (Å²) >= 11 is 3.23. The van der Waals surface area contributed by atoms with Gasteiger partial charge >= 0.3 is 0 Å². The van der Waals surface area contributed by atoms with Crippen molar-refractivity contribution >= 4 is 15.9 Å². The molecule has 2 N–H and O–H groups in total. The zero-order valence-electron chi connectivity index (χ0n) is 6.33. The monoisotopic (exact) mass is 210 g/mol. The average Bonchev–Trinajstić information content (AvgIpc) is 2.00. The smallest absolute Gasteiger partial charge is 0.188 e. The molecule has 0 heterocycles. The quantitative estimate of drug-likeness (QED) is 0.543. The van der Waals surface area contributed by atoms with Crippen LogP contribution in [0.4, 0.5) is 4.39 Å². The summed E-state index contributed by atoms with van der Waals surface area (Å²) in [4.78, 5) is -0.0973. The summed E-state index contributed by atoms with van der Waals surface area (Å²) in [5.41, 5.74) is 0.616. The second-order valence-electron chi connectivity index (χ2n) is 1.90. The van der Waals surface area contributed by atoms with Crippen molar-refractivity contribution in [3.8, 4) is 0 Å². The summed E-state index contributed by atoms with van der Waals surface area (Å²) in [6.07, 6.45) is 0. The van der Waals surface area contributed by atoms with E-state index in [9.17, 15) is 4.39 Å². The summed E-state index contributed by atoms with van der Waals surface area (Å²) in [5.74, 6) is -0.295. The summed E-state index contributed by atoms with van der Waals surface area (Å²) in [6, 6.07) is 0. The number of likely N-dealkylation sites (N-methyl/N-ethyl adjacent to an activating group) is 1. The number of hydrogen-bond acceptors (Lipinski definition) is 2. The first-order valence-corrected chi connectivity index (χ1v) is 3.90. The molecular formula is C6H12BrFN2. The Bertz CT molecular complexity index is 136. The third-order valence-corrected chi connectivity index (χ3v) is 2.34. The van der Waals surface area contributed by atoms with Gasteiger partial charge in [-0.05, 0) is 14.0 Å². The first-order valence-electron chi connectivity index (χ1n) is 2.98. The zero-order chi connectivity index (χ0) is 8.15. The maximum absolute atomic E-state index is 12.7. The lowest BCUT2D eigenvalue weighted by molar-refractivity contribution is 0.552. The van der Waals surface area contributed by atoms with Gasteiger partial charge in [-0.2, -0.15) is 4.39 Å². The Balaban J connectivity index is 4.15. The van der Waals surface area contributed by atoms with E-state index >= 15 is 0 Å². The van der Waals surface area contributed by atoms with Gasteiger partial charge in [-0.1, -0.05) is 15.9 Å². The summed E-state index contributed by atoms with van der Waals surface area (Å²) in [6.45, 7) is 1.71. The predicted molar refractivity (Wildman–Crippen MR) is 44.6 cm³/mol. The van der Waals surface area contributed by atoms with Crippen LogP contribution in [0.2, 0.25) is 0 Å². The molecule has 0 aliphatic carbocycles. The molecule has 1 unspecified atom stereocenters. The van der Waals surface area contributed by atoms with Crippen molar-refractivity contribution in [3.63, 3.8) is 0 Å². The lowest BCUT2D eigenvalue weighted by atomic mass is 10.3. The first-order chi connectivity index (χ1) is 4.63. The van der Waals surface area contributed by atoms with Gasteiger partial charge in [-0.15, -0.1) is 0 Å². The van der Waals surface area contributed by atoms with Crippen LogP contribution in [0.25, 0.3) is 0 Å². The van der Waals surface area contributed by atoms with Gasteiger partial charge in [0.25, 0.3) is 0 Å². The Hall–Kier alpha value is -0.0900. The summed E-state index contributed by atoms with van der Waals surface area (Å²) in [7, 11) is 3.31. The van der Waals surface area contributed by atoms with Crippen LogP contribution in [0.5, 0.6) is 0 Å². The molecule has 0 amide bonds. The molecule has 0 radical (unpaired) electrons. The van der Waals surface area contributed by atoms with Gasteiger partial charge in [0.2, 0.25) is 0 Å². The fourth-order valence-corrected chi connectivity index (χ4v) is 0.726. The SMILES string of the molecule is CN/C(F)=C(/C)C(Br)NC. The molecule has 10 heavy (non-hydrogen) atoms. The van der Waals surface area contributed by atoms with E-state index in [0.717, 1.165) is 0 Å². The fourth-order valence-electron chi connectivity index (χ4n) is 0.525. The molecule has 1 atom stereocenters. The van der Waals surface area contributed by atoms with Crippen LogP contribution in [0.1, 0.15) is 6.92 Å². The summed E-state index contributed by atoms with van der Waals surface area (Å²) < 4.78 is 12.7. The molecule has 0 saturated heterocycles. The lowest BCUT2D eigenvalue weighted by Gasteiger charge is -2.09. The van der Waals surface area contributed by atoms with Crippen molar-refractivity contribution < 1.29 is 4.39 Å². The van der Waals surface area contributed by atoms with Crippen molar-refractivity contribution in [2.75, 3.05) is 14.1 Å². The van der Waals surface area contributed by atoms with E-state index in [1.807, 2.05) is 0 Å². The van der Waals surface area contributed by atoms with Gasteiger partial charge in [0.1, 0.15) is 0 Å². The molecule has 4 heteroatoms. The van der Waals surface area contributed by atoms with Crippen LogP contribution in [0, 0.1) is 0 Å². The van der Waals surface area contributed by atoms with E-state index < -0.39 is 0 Å². The highest BCUT2D eigenvalue weighted by molar-refractivity contribution is 9.09. The Morgan fingerprint density at radius 2 is 2.00 bits per heavy atom. The van der Waals surface area contributed by atoms with Gasteiger partial charge in [-0.3, -0.25) is 0 Å². The molecule has 0 saturated carbocycles.